The molecule has 1 aliphatic heterocycles. The maximum atomic E-state index is 13.6. The van der Waals surface area contributed by atoms with Gasteiger partial charge in [-0.25, -0.2) is 0 Å². The molecule has 1 amide bonds. The van der Waals surface area contributed by atoms with E-state index in [-0.39, 0.29) is 5.91 Å². The highest BCUT2D eigenvalue weighted by atomic mass is 16.5. The van der Waals surface area contributed by atoms with Crippen LogP contribution in [0.1, 0.15) is 41.7 Å². The summed E-state index contributed by atoms with van der Waals surface area (Å²) < 4.78 is 5.49. The molecule has 156 valence electrons. The minimum absolute atomic E-state index is 0.103. The fourth-order valence-corrected chi connectivity index (χ4v) is 4.45. The summed E-state index contributed by atoms with van der Waals surface area (Å²) in [4.78, 5) is 17.7. The van der Waals surface area contributed by atoms with Crippen molar-refractivity contribution in [1.29, 1.82) is 0 Å². The smallest absolute Gasteiger partial charge is 0.236 e. The molecular weight excluding hydrogens is 360 g/mol. The van der Waals surface area contributed by atoms with E-state index in [1.807, 2.05) is 25.8 Å². The fraction of sp³-hybridized carbons (Fsp3) is 0.480. The molecule has 0 unspecified atom stereocenters. The van der Waals surface area contributed by atoms with Crippen LogP contribution in [-0.2, 0) is 14.9 Å². The second-order valence-electron chi connectivity index (χ2n) is 8.83. The third-order valence-corrected chi connectivity index (χ3v) is 6.12. The highest BCUT2D eigenvalue weighted by Crippen LogP contribution is 2.34. The van der Waals surface area contributed by atoms with Gasteiger partial charge in [0.25, 0.3) is 0 Å². The third-order valence-electron chi connectivity index (χ3n) is 6.12. The van der Waals surface area contributed by atoms with Gasteiger partial charge in [-0.2, -0.15) is 0 Å². The summed E-state index contributed by atoms with van der Waals surface area (Å²) in [7, 11) is 1.89. The Morgan fingerprint density at radius 2 is 1.62 bits per heavy atom. The SMILES string of the molecule is Cc1ccc(C(C)(C)C(=O)N(C)c2cc(C)c(N3CCOCC3)cc2C)c(C)c1. The normalized spacial score (nSPS) is 14.8. The van der Waals surface area contributed by atoms with Crippen molar-refractivity contribution in [2.75, 3.05) is 43.2 Å². The van der Waals surface area contributed by atoms with Gasteiger partial charge >= 0.3 is 0 Å². The van der Waals surface area contributed by atoms with E-state index in [1.165, 1.54) is 16.8 Å². The number of rotatable bonds is 4. The van der Waals surface area contributed by atoms with Crippen LogP contribution in [0.3, 0.4) is 0 Å². The van der Waals surface area contributed by atoms with Gasteiger partial charge in [-0.1, -0.05) is 23.8 Å². The van der Waals surface area contributed by atoms with E-state index in [0.29, 0.717) is 0 Å². The average molecular weight is 395 g/mol. The summed E-state index contributed by atoms with van der Waals surface area (Å²) in [5.74, 6) is 0.103. The van der Waals surface area contributed by atoms with Gasteiger partial charge in [-0.3, -0.25) is 4.79 Å². The fourth-order valence-electron chi connectivity index (χ4n) is 4.45. The van der Waals surface area contributed by atoms with Crippen LogP contribution in [0.4, 0.5) is 11.4 Å². The summed E-state index contributed by atoms with van der Waals surface area (Å²) in [6.45, 7) is 15.8. The van der Waals surface area contributed by atoms with Crippen molar-refractivity contribution in [2.45, 2.75) is 47.0 Å². The predicted molar refractivity (Wildman–Crippen MR) is 121 cm³/mol. The molecule has 1 fully saturated rings. The topological polar surface area (TPSA) is 32.8 Å². The lowest BCUT2D eigenvalue weighted by Crippen LogP contribution is -2.42. The Morgan fingerprint density at radius 1 is 0.966 bits per heavy atom. The number of morpholine rings is 1. The van der Waals surface area contributed by atoms with Crippen molar-refractivity contribution in [1.82, 2.24) is 0 Å². The number of nitrogens with zero attached hydrogens (tertiary/aromatic N) is 2. The number of ether oxygens (including phenoxy) is 1. The molecule has 0 bridgehead atoms. The molecule has 0 spiro atoms. The Bertz CT molecular complexity index is 911. The molecule has 0 N–H and O–H groups in total. The number of aryl methyl sites for hydroxylation is 4. The van der Waals surface area contributed by atoms with E-state index in [0.717, 1.165) is 48.7 Å². The monoisotopic (exact) mass is 394 g/mol. The first-order valence-electron chi connectivity index (χ1n) is 10.4. The highest BCUT2D eigenvalue weighted by Gasteiger charge is 2.34. The summed E-state index contributed by atoms with van der Waals surface area (Å²) in [6, 6.07) is 10.7. The number of hydrogen-bond donors (Lipinski definition) is 0. The maximum Gasteiger partial charge on any atom is 0.236 e. The minimum atomic E-state index is -0.601. The van der Waals surface area contributed by atoms with Crippen molar-refractivity contribution in [2.24, 2.45) is 0 Å². The van der Waals surface area contributed by atoms with E-state index in [4.69, 9.17) is 4.74 Å². The Balaban J connectivity index is 1.91. The second kappa shape index (κ2) is 8.19. The standard InChI is InChI=1S/C25H34N2O2/c1-17-8-9-21(18(2)14-17)25(5,6)24(28)26(7)22-15-20(4)23(16-19(22)3)27-10-12-29-13-11-27/h8-9,14-16H,10-13H2,1-7H3. The Kier molecular flexibility index (Phi) is 6.04. The van der Waals surface area contributed by atoms with E-state index < -0.39 is 5.41 Å². The molecule has 29 heavy (non-hydrogen) atoms. The molecule has 3 rings (SSSR count). The van der Waals surface area contributed by atoms with Crippen molar-refractivity contribution >= 4 is 17.3 Å². The van der Waals surface area contributed by atoms with Crippen LogP contribution in [0.25, 0.3) is 0 Å². The predicted octanol–water partition coefficient (Wildman–Crippen LogP) is 4.70. The number of amides is 1. The zero-order valence-corrected chi connectivity index (χ0v) is 18.9. The second-order valence-corrected chi connectivity index (χ2v) is 8.83. The molecule has 2 aromatic carbocycles. The molecule has 0 atom stereocenters. The molecule has 0 saturated carbocycles. The van der Waals surface area contributed by atoms with Gasteiger partial charge in [0.15, 0.2) is 0 Å². The van der Waals surface area contributed by atoms with Crippen LogP contribution in [-0.4, -0.2) is 39.3 Å². The number of anilines is 2. The summed E-state index contributed by atoms with van der Waals surface area (Å²) in [6.07, 6.45) is 0. The van der Waals surface area contributed by atoms with Crippen LogP contribution >= 0.6 is 0 Å². The first-order chi connectivity index (χ1) is 13.6. The van der Waals surface area contributed by atoms with Gasteiger partial charge in [0.2, 0.25) is 5.91 Å². The van der Waals surface area contributed by atoms with E-state index in [9.17, 15) is 4.79 Å². The molecule has 0 aromatic heterocycles. The van der Waals surface area contributed by atoms with Gasteiger partial charge in [0, 0.05) is 31.5 Å². The summed E-state index contributed by atoms with van der Waals surface area (Å²) in [5, 5.41) is 0. The van der Waals surface area contributed by atoms with Gasteiger partial charge in [0.05, 0.1) is 18.6 Å². The quantitative estimate of drug-likeness (QED) is 0.754. The first-order valence-corrected chi connectivity index (χ1v) is 10.4. The molecule has 2 aromatic rings. The van der Waals surface area contributed by atoms with Gasteiger partial charge in [-0.15, -0.1) is 0 Å². The largest absolute Gasteiger partial charge is 0.378 e. The van der Waals surface area contributed by atoms with E-state index >= 15 is 0 Å². The summed E-state index contributed by atoms with van der Waals surface area (Å²) in [5.41, 5.74) is 7.38. The van der Waals surface area contributed by atoms with Crippen LogP contribution in [0, 0.1) is 27.7 Å². The lowest BCUT2D eigenvalue weighted by molar-refractivity contribution is -0.122. The Morgan fingerprint density at radius 3 is 2.24 bits per heavy atom. The number of benzene rings is 2. The van der Waals surface area contributed by atoms with Gasteiger partial charge < -0.3 is 14.5 Å². The van der Waals surface area contributed by atoms with Crippen LogP contribution in [0.15, 0.2) is 30.3 Å². The minimum Gasteiger partial charge on any atom is -0.378 e. The zero-order valence-electron chi connectivity index (χ0n) is 18.9. The molecule has 1 heterocycles. The summed E-state index contributed by atoms with van der Waals surface area (Å²) >= 11 is 0. The van der Waals surface area contributed by atoms with Gasteiger partial charge in [0.1, 0.15) is 0 Å². The van der Waals surface area contributed by atoms with E-state index in [2.05, 4.69) is 62.9 Å². The van der Waals surface area contributed by atoms with Crippen molar-refractivity contribution in [3.8, 4) is 0 Å². The van der Waals surface area contributed by atoms with Crippen molar-refractivity contribution in [3.63, 3.8) is 0 Å². The molecule has 4 nitrogen and oxygen atoms in total. The van der Waals surface area contributed by atoms with E-state index in [1.54, 1.807) is 0 Å². The first kappa shape index (κ1) is 21.4. The number of hydrogen-bond acceptors (Lipinski definition) is 3. The average Bonchev–Trinajstić information content (AvgIpc) is 2.68. The number of carbonyl (C=O) groups is 1. The lowest BCUT2D eigenvalue weighted by atomic mass is 9.80. The Labute approximate surface area is 175 Å². The number of carbonyl (C=O) groups excluding carboxylic acids is 1. The Hall–Kier alpha value is -2.33. The van der Waals surface area contributed by atoms with Crippen LogP contribution in [0.5, 0.6) is 0 Å². The number of likely N-dealkylation sites (N-methyl/N-ethyl adjacent to an activating group) is 1. The third kappa shape index (κ3) is 4.18. The van der Waals surface area contributed by atoms with Gasteiger partial charge in [-0.05, 0) is 75.9 Å². The lowest BCUT2D eigenvalue weighted by Gasteiger charge is -2.34. The molecule has 0 aliphatic carbocycles. The molecule has 1 aliphatic rings. The molecular formula is C25H34N2O2. The van der Waals surface area contributed by atoms with Crippen molar-refractivity contribution in [3.05, 3.63) is 58.1 Å². The van der Waals surface area contributed by atoms with Crippen LogP contribution < -0.4 is 9.80 Å². The maximum absolute atomic E-state index is 13.6. The van der Waals surface area contributed by atoms with Crippen molar-refractivity contribution < 1.29 is 9.53 Å². The molecule has 1 saturated heterocycles. The molecule has 4 heteroatoms. The zero-order chi connectivity index (χ0) is 21.3. The highest BCUT2D eigenvalue weighted by molar-refractivity contribution is 6.01. The van der Waals surface area contributed by atoms with Crippen LogP contribution in [0.2, 0.25) is 0 Å². The molecule has 0 radical (unpaired) electrons.